The third-order valence-corrected chi connectivity index (χ3v) is 10.2. The van der Waals surface area contributed by atoms with E-state index in [1.165, 1.54) is 75.3 Å². The van der Waals surface area contributed by atoms with Crippen LogP contribution in [-0.2, 0) is 26.1 Å². The Morgan fingerprint density at radius 3 is 1.82 bits per heavy atom. The lowest BCUT2D eigenvalue weighted by molar-refractivity contribution is 0.555. The molecule has 2 aromatic rings. The molecule has 0 saturated carbocycles. The zero-order valence-electron chi connectivity index (χ0n) is 19.6. The van der Waals surface area contributed by atoms with Crippen LogP contribution in [0.1, 0.15) is 76.7 Å². The number of rotatable bonds is 15. The first-order valence-corrected chi connectivity index (χ1v) is 14.8. The Hall–Kier alpha value is -2.12. The summed E-state index contributed by atoms with van der Waals surface area (Å²) >= 11 is 0. The van der Waals surface area contributed by atoms with E-state index in [1.54, 1.807) is 18.2 Å². The molecule has 0 radical (unpaired) electrons. The number of hydrogen-bond donors (Lipinski definition) is 1. The molecule has 0 amide bonds. The van der Waals surface area contributed by atoms with Crippen LogP contribution in [0.4, 0.5) is 5.69 Å². The van der Waals surface area contributed by atoms with Crippen molar-refractivity contribution in [2.75, 3.05) is 5.73 Å². The average Bonchev–Trinajstić information content (AvgIpc) is 2.80. The summed E-state index contributed by atoms with van der Waals surface area (Å²) in [6, 6.07) is 12.0. The minimum Gasteiger partial charge on any atom is -0.399 e. The minimum absolute atomic E-state index is 0.0185. The van der Waals surface area contributed by atoms with Gasteiger partial charge in [0.15, 0.2) is 4.24 Å². The molecule has 0 aliphatic heterocycles. The molecule has 0 bridgehead atoms. The predicted molar refractivity (Wildman–Crippen MR) is 136 cm³/mol. The first kappa shape index (κ1) is 27.1. The summed E-state index contributed by atoms with van der Waals surface area (Å²) in [6.07, 6.45) is 12.5. The van der Waals surface area contributed by atoms with Crippen molar-refractivity contribution in [2.45, 2.75) is 87.3 Å². The van der Waals surface area contributed by atoms with Crippen molar-refractivity contribution in [1.82, 2.24) is 0 Å². The first-order valence-electron chi connectivity index (χ1n) is 11.8. The summed E-state index contributed by atoms with van der Waals surface area (Å²) in [5, 5.41) is 0. The molecule has 2 aromatic carbocycles. The van der Waals surface area contributed by atoms with Gasteiger partial charge >= 0.3 is 0 Å². The lowest BCUT2D eigenvalue weighted by Gasteiger charge is -2.13. The Bertz CT molecular complexity index is 1110. The number of aryl methyl sites for hydroxylation is 1. The molecule has 0 spiro atoms. The Morgan fingerprint density at radius 2 is 1.24 bits per heavy atom. The van der Waals surface area contributed by atoms with E-state index >= 15 is 0 Å². The van der Waals surface area contributed by atoms with Gasteiger partial charge < -0.3 is 5.73 Å². The van der Waals surface area contributed by atoms with Gasteiger partial charge in [-0.25, -0.2) is 16.8 Å². The Labute approximate surface area is 199 Å². The summed E-state index contributed by atoms with van der Waals surface area (Å²) in [7, 11) is -8.52. The van der Waals surface area contributed by atoms with E-state index in [9.17, 15) is 16.8 Å². The number of unbranched alkanes of at least 4 members (excludes halogenated alkanes) is 9. The van der Waals surface area contributed by atoms with Gasteiger partial charge in [-0.1, -0.05) is 89.5 Å². The van der Waals surface area contributed by atoms with Gasteiger partial charge in [0.1, 0.15) is 0 Å². The molecule has 0 aliphatic rings. The summed E-state index contributed by atoms with van der Waals surface area (Å²) < 4.78 is 51.4. The predicted octanol–water partition coefficient (Wildman–Crippen LogP) is 6.45. The van der Waals surface area contributed by atoms with Crippen molar-refractivity contribution < 1.29 is 16.8 Å². The fourth-order valence-corrected chi connectivity index (χ4v) is 7.31. The van der Waals surface area contributed by atoms with E-state index in [4.69, 9.17) is 5.73 Å². The molecule has 182 valence electrons. The molecule has 0 atom stereocenters. The highest BCUT2D eigenvalue weighted by Gasteiger charge is 2.32. The molecule has 0 unspecified atom stereocenters. The zero-order chi connectivity index (χ0) is 24.3. The summed E-state index contributed by atoms with van der Waals surface area (Å²) in [5.74, 6) is 0. The van der Waals surface area contributed by atoms with E-state index < -0.39 is 23.9 Å². The number of nitrogens with two attached hydrogens (primary N) is 1. The van der Waals surface area contributed by atoms with Gasteiger partial charge in [-0.15, -0.1) is 0 Å². The number of nitrogen functional groups attached to an aromatic ring is 1. The quantitative estimate of drug-likeness (QED) is 0.228. The summed E-state index contributed by atoms with van der Waals surface area (Å²) in [6.45, 7) is 5.68. The SMILES string of the molecule is C=C(S(=O)(=O)c1ccc(N)cc1)S(=O)(=O)c1ccccc1CCCCCCCCCCCC. The van der Waals surface area contributed by atoms with Crippen LogP contribution in [-0.4, -0.2) is 16.8 Å². The minimum atomic E-state index is -4.26. The highest BCUT2D eigenvalue weighted by molar-refractivity contribution is 8.14. The molecule has 0 fully saturated rings. The van der Waals surface area contributed by atoms with Crippen molar-refractivity contribution in [3.8, 4) is 0 Å². The standard InChI is InChI=1S/C26H37NO4S2/c1-3-4-5-6-7-8-9-10-11-12-15-23-16-13-14-17-26(23)33(30,31)22(2)32(28,29)25-20-18-24(27)19-21-25/h13-14,16-21H,2-12,15,27H2,1H3. The molecule has 0 aliphatic carbocycles. The maximum absolute atomic E-state index is 13.2. The number of hydrogen-bond acceptors (Lipinski definition) is 5. The highest BCUT2D eigenvalue weighted by Crippen LogP contribution is 2.30. The van der Waals surface area contributed by atoms with Crippen molar-refractivity contribution in [3.05, 3.63) is 64.9 Å². The molecule has 2 N–H and O–H groups in total. The van der Waals surface area contributed by atoms with Crippen LogP contribution < -0.4 is 5.73 Å². The molecular formula is C26H37NO4S2. The average molecular weight is 492 g/mol. The number of sulfone groups is 2. The third kappa shape index (κ3) is 7.71. The first-order chi connectivity index (χ1) is 15.7. The largest absolute Gasteiger partial charge is 0.399 e. The van der Waals surface area contributed by atoms with E-state index in [-0.39, 0.29) is 9.79 Å². The van der Waals surface area contributed by atoms with E-state index in [1.807, 2.05) is 0 Å². The van der Waals surface area contributed by atoms with Crippen LogP contribution in [0, 0.1) is 0 Å². The second-order valence-corrected chi connectivity index (χ2v) is 12.7. The normalized spacial score (nSPS) is 12.0. The molecular weight excluding hydrogens is 454 g/mol. The van der Waals surface area contributed by atoms with Crippen LogP contribution in [0.5, 0.6) is 0 Å². The highest BCUT2D eigenvalue weighted by atomic mass is 32.3. The molecule has 2 rings (SSSR count). The molecule has 33 heavy (non-hydrogen) atoms. The molecule has 5 nitrogen and oxygen atoms in total. The van der Waals surface area contributed by atoms with Gasteiger partial charge in [0.2, 0.25) is 19.7 Å². The van der Waals surface area contributed by atoms with Crippen molar-refractivity contribution >= 4 is 25.4 Å². The third-order valence-electron chi connectivity index (χ3n) is 5.85. The van der Waals surface area contributed by atoms with Crippen LogP contribution in [0.15, 0.2) is 69.1 Å². The molecule has 0 aromatic heterocycles. The molecule has 0 heterocycles. The topological polar surface area (TPSA) is 94.3 Å². The lowest BCUT2D eigenvalue weighted by Crippen LogP contribution is -2.15. The van der Waals surface area contributed by atoms with E-state index in [2.05, 4.69) is 13.5 Å². The fraction of sp³-hybridized carbons (Fsp3) is 0.462. The van der Waals surface area contributed by atoms with Gasteiger partial charge in [-0.3, -0.25) is 0 Å². The summed E-state index contributed by atoms with van der Waals surface area (Å²) in [5.41, 5.74) is 6.64. The van der Waals surface area contributed by atoms with Crippen molar-refractivity contribution in [1.29, 1.82) is 0 Å². The van der Waals surface area contributed by atoms with Gasteiger partial charge in [-0.2, -0.15) is 0 Å². The van der Waals surface area contributed by atoms with Crippen LogP contribution in [0.2, 0.25) is 0 Å². The van der Waals surface area contributed by atoms with E-state index in [0.717, 1.165) is 19.3 Å². The summed E-state index contributed by atoms with van der Waals surface area (Å²) in [4.78, 5) is -0.123. The second-order valence-electron chi connectivity index (χ2n) is 8.49. The second kappa shape index (κ2) is 12.9. The number of anilines is 1. The maximum Gasteiger partial charge on any atom is 0.217 e. The Kier molecular flexibility index (Phi) is 10.6. The van der Waals surface area contributed by atoms with E-state index in [0.29, 0.717) is 17.7 Å². The molecule has 7 heteroatoms. The maximum atomic E-state index is 13.2. The lowest BCUT2D eigenvalue weighted by atomic mass is 10.0. The van der Waals surface area contributed by atoms with Crippen LogP contribution >= 0.6 is 0 Å². The monoisotopic (exact) mass is 491 g/mol. The van der Waals surface area contributed by atoms with Gasteiger partial charge in [0.25, 0.3) is 0 Å². The van der Waals surface area contributed by atoms with Gasteiger partial charge in [0.05, 0.1) is 9.79 Å². The van der Waals surface area contributed by atoms with Crippen LogP contribution in [0.25, 0.3) is 0 Å². The zero-order valence-corrected chi connectivity index (χ0v) is 21.3. The Morgan fingerprint density at radius 1 is 0.727 bits per heavy atom. The Balaban J connectivity index is 1.99. The fourth-order valence-electron chi connectivity index (χ4n) is 3.82. The smallest absolute Gasteiger partial charge is 0.217 e. The van der Waals surface area contributed by atoms with Crippen LogP contribution in [0.3, 0.4) is 0 Å². The van der Waals surface area contributed by atoms with Crippen molar-refractivity contribution in [3.63, 3.8) is 0 Å². The molecule has 0 saturated heterocycles. The number of benzene rings is 2. The van der Waals surface area contributed by atoms with Gasteiger partial charge in [0, 0.05) is 5.69 Å². The van der Waals surface area contributed by atoms with Gasteiger partial charge in [-0.05, 0) is 48.7 Å². The van der Waals surface area contributed by atoms with Crippen molar-refractivity contribution in [2.24, 2.45) is 0 Å².